The Morgan fingerprint density at radius 2 is 0.879 bits per heavy atom. The Morgan fingerprint density at radius 3 is 1.32 bits per heavy atom. The zero-order valence-electron chi connectivity index (χ0n) is 59.2. The fourth-order valence-electron chi connectivity index (χ4n) is 16.4. The van der Waals surface area contributed by atoms with Gasteiger partial charge in [0.15, 0.2) is 29.0 Å². The Kier molecular flexibility index (Phi) is 20.6. The Bertz CT molecular complexity index is 5460. The van der Waals surface area contributed by atoms with Crippen molar-refractivity contribution in [2.24, 2.45) is 16.2 Å². The highest BCUT2D eigenvalue weighted by Crippen LogP contribution is 2.58. The van der Waals surface area contributed by atoms with Gasteiger partial charge in [-0.3, -0.25) is 0 Å². The summed E-state index contributed by atoms with van der Waals surface area (Å²) in [5.41, 5.74) is 40.0. The summed E-state index contributed by atoms with van der Waals surface area (Å²) in [7, 11) is 0. The predicted molar refractivity (Wildman–Crippen MR) is 422 cm³/mol. The number of aromatic nitrogens is 9. The lowest BCUT2D eigenvalue weighted by Crippen LogP contribution is -2.35. The second-order valence-electron chi connectivity index (χ2n) is 30.2. The average molecular weight is 1580 g/mol. The molecule has 9 aromatic heterocycles. The minimum absolute atomic E-state index is 0. The van der Waals surface area contributed by atoms with Gasteiger partial charge >= 0.3 is 0 Å². The summed E-state index contributed by atoms with van der Waals surface area (Å²) in [6, 6.07) is 28.0. The number of aliphatic hydroxyl groups excluding tert-OH is 2. The van der Waals surface area contributed by atoms with E-state index in [4.69, 9.17) is 88.2 Å². The van der Waals surface area contributed by atoms with E-state index in [2.05, 4.69) is 78.4 Å². The maximum atomic E-state index is 14.9. The second kappa shape index (κ2) is 28.8. The zero-order chi connectivity index (χ0) is 75.6. The fraction of sp³-hybridized carbons (Fsp3) is 0.367. The number of nitrogens with zero attached hydrogens (tertiary/aromatic N) is 9. The average Bonchev–Trinajstić information content (AvgIpc) is 1.57. The first-order valence-electron chi connectivity index (χ1n) is 34.8. The smallest absolute Gasteiger partial charge is 0.165 e. The van der Waals surface area contributed by atoms with Crippen molar-refractivity contribution in [3.05, 3.63) is 189 Å². The summed E-state index contributed by atoms with van der Waals surface area (Å²) in [6.07, 6.45) is 13.2. The third kappa shape index (κ3) is 14.4. The number of nitrogens with two attached hydrogens (primary N) is 6. The monoisotopic (exact) mass is 1580 g/mol. The number of anilines is 6. The van der Waals surface area contributed by atoms with E-state index in [1.165, 1.54) is 12.4 Å². The van der Waals surface area contributed by atoms with E-state index in [9.17, 15) is 23.4 Å². The number of rotatable bonds is 10. The van der Waals surface area contributed by atoms with Crippen LogP contribution in [0.15, 0.2) is 145 Å². The Hall–Kier alpha value is -8.60. The second-order valence-corrected chi connectivity index (χ2v) is 32.3. The summed E-state index contributed by atoms with van der Waals surface area (Å²) in [5.74, 6) is -0.818. The normalized spacial score (nSPS) is 26.0. The van der Waals surface area contributed by atoms with E-state index in [0.717, 1.165) is 80.2 Å². The first-order chi connectivity index (χ1) is 50.1. The molecule has 17 rings (SSSR count). The largest absolute Gasteiger partial charge is 0.390 e. The number of fused-ring (bicyclic) bond motifs is 8. The highest BCUT2D eigenvalue weighted by atomic mass is 79.9. The number of benzene rings is 3. The molecule has 21 nitrogen and oxygen atoms in total. The van der Waals surface area contributed by atoms with Crippen LogP contribution in [0.4, 0.5) is 48.1 Å². The van der Waals surface area contributed by atoms with Gasteiger partial charge in [0.1, 0.15) is 53.2 Å². The van der Waals surface area contributed by atoms with E-state index in [1.807, 2.05) is 123 Å². The minimum atomic E-state index is -1.04. The molecule has 562 valence electrons. The number of ether oxygens (including phenoxy) is 4. The molecule has 5 fully saturated rings. The van der Waals surface area contributed by atoms with Crippen LogP contribution in [0.5, 0.6) is 0 Å². The van der Waals surface area contributed by atoms with Crippen molar-refractivity contribution in [3.63, 3.8) is 0 Å². The van der Waals surface area contributed by atoms with Gasteiger partial charge < -0.3 is 77.3 Å². The SMILES string of the molecule is C.C=C[C@@]1(C)C[C@@H](n2ccc3c(N)ncc(F)c32)[C@@H]2OC(C)(C)O[C@@H]21.CC1(C)O[C@H]2[C@H](n3ccc4c(N)ncc(F)c43)C[C@](C)(CCc3ccc4cc(Cl)c(N)nc4c3)[C@H]2O1.C[C@]1(CCc2ccc3cc(Cl)c(N)nc3c2)C[C@@H](n2ccc3c(N)ncc(F)c32)[C@H](O)[C@@H]1O.Nc1nc2cc(Br)ccc2cc1Cl. The van der Waals surface area contributed by atoms with Crippen LogP contribution in [0.2, 0.25) is 15.1 Å². The number of nitrogen functional groups attached to an aromatic ring is 6. The summed E-state index contributed by atoms with van der Waals surface area (Å²) in [6.45, 7) is 18.0. The van der Waals surface area contributed by atoms with Gasteiger partial charge in [-0.2, -0.15) is 0 Å². The van der Waals surface area contributed by atoms with Crippen molar-refractivity contribution < 1.29 is 42.3 Å². The lowest BCUT2D eigenvalue weighted by atomic mass is 9.80. The Morgan fingerprint density at radius 1 is 0.505 bits per heavy atom. The molecule has 0 amide bonds. The fourth-order valence-corrected chi connectivity index (χ4v) is 17.2. The molecule has 3 aromatic carbocycles. The molecule has 12 atom stereocenters. The van der Waals surface area contributed by atoms with Gasteiger partial charge in [0.05, 0.1) is 103 Å². The lowest BCUT2D eigenvalue weighted by Gasteiger charge is -2.32. The van der Waals surface area contributed by atoms with E-state index >= 15 is 0 Å². The molecule has 2 saturated heterocycles. The van der Waals surface area contributed by atoms with Crippen LogP contribution in [-0.4, -0.2) is 102 Å². The molecule has 5 aliphatic rings. The molecular formula is C79H86BrCl3F3N15O6. The molecule has 12 aromatic rings. The van der Waals surface area contributed by atoms with Crippen molar-refractivity contribution >= 4 is 151 Å². The predicted octanol–water partition coefficient (Wildman–Crippen LogP) is 16.8. The molecule has 11 heterocycles. The third-order valence-corrected chi connectivity index (χ3v) is 23.4. The summed E-state index contributed by atoms with van der Waals surface area (Å²) < 4.78 is 75.6. The van der Waals surface area contributed by atoms with Gasteiger partial charge in [0.25, 0.3) is 0 Å². The molecule has 0 unspecified atom stereocenters. The topological polar surface area (TPSA) is 326 Å². The third-order valence-electron chi connectivity index (χ3n) is 22.0. The van der Waals surface area contributed by atoms with Crippen molar-refractivity contribution in [2.45, 2.75) is 167 Å². The van der Waals surface area contributed by atoms with Crippen LogP contribution in [0.1, 0.15) is 117 Å². The molecule has 107 heavy (non-hydrogen) atoms. The quantitative estimate of drug-likeness (QED) is 0.0590. The molecule has 2 aliphatic heterocycles. The van der Waals surface area contributed by atoms with Crippen molar-refractivity contribution in [2.75, 3.05) is 34.4 Å². The molecule has 3 aliphatic carbocycles. The van der Waals surface area contributed by atoms with Crippen LogP contribution in [0.3, 0.4) is 0 Å². The van der Waals surface area contributed by atoms with Crippen LogP contribution in [-0.2, 0) is 31.8 Å². The summed E-state index contributed by atoms with van der Waals surface area (Å²) in [5, 5.41) is 27.8. The molecular weight excluding hydrogens is 1500 g/mol. The highest BCUT2D eigenvalue weighted by Gasteiger charge is 2.61. The van der Waals surface area contributed by atoms with E-state index in [-0.39, 0.29) is 72.2 Å². The number of pyridine rings is 6. The van der Waals surface area contributed by atoms with Crippen molar-refractivity contribution in [1.29, 1.82) is 0 Å². The maximum absolute atomic E-state index is 14.9. The number of halogens is 7. The van der Waals surface area contributed by atoms with Crippen LogP contribution < -0.4 is 34.4 Å². The molecule has 14 N–H and O–H groups in total. The van der Waals surface area contributed by atoms with E-state index in [0.29, 0.717) is 90.3 Å². The van der Waals surface area contributed by atoms with Gasteiger partial charge in [0.2, 0.25) is 0 Å². The molecule has 3 saturated carbocycles. The summed E-state index contributed by atoms with van der Waals surface area (Å²) >= 11 is 21.4. The van der Waals surface area contributed by atoms with Crippen molar-refractivity contribution in [3.8, 4) is 0 Å². The number of hydrogen-bond donors (Lipinski definition) is 8. The first kappa shape index (κ1) is 76.6. The number of aryl methyl sites for hydroxylation is 2. The number of aliphatic hydroxyl groups is 2. The van der Waals surface area contributed by atoms with Crippen LogP contribution >= 0.6 is 50.7 Å². The Balaban J connectivity index is 0.000000132. The summed E-state index contributed by atoms with van der Waals surface area (Å²) in [4.78, 5) is 24.7. The van der Waals surface area contributed by atoms with Crippen molar-refractivity contribution in [1.82, 2.24) is 43.6 Å². The molecule has 28 heteroatoms. The maximum Gasteiger partial charge on any atom is 0.165 e. The zero-order valence-corrected chi connectivity index (χ0v) is 63.1. The minimum Gasteiger partial charge on any atom is -0.390 e. The Labute approximate surface area is 639 Å². The molecule has 0 spiro atoms. The number of hydrogen-bond acceptors (Lipinski definition) is 18. The van der Waals surface area contributed by atoms with Crippen LogP contribution in [0.25, 0.3) is 65.4 Å². The van der Waals surface area contributed by atoms with Crippen LogP contribution in [0, 0.1) is 33.7 Å². The van der Waals surface area contributed by atoms with Gasteiger partial charge in [-0.15, -0.1) is 6.58 Å². The van der Waals surface area contributed by atoms with E-state index < -0.39 is 46.9 Å². The standard InChI is InChI=1S/C27H29ClFN5O2.C24H25ClFN5O2.C18H22FN3O2.C9H6BrClN2.CH4/c1-26(2)35-22-20(34-9-7-16-21(34)18(29)13-32-24(16)30)12-27(3,23(22)36-26)8-6-14-4-5-15-11-17(28)25(31)33-19(15)10-14;1-24(6-4-12-2-3-13-9-15(25)23(28)30-17(13)8-12)10-18(20(32)21(24)33)31-7-5-14-19(31)16(26)11-29-22(14)27;1-5-18(4)8-12(14-15(18)24-17(2,3)23-14)22-7-6-10-13(22)11(19)9-21-16(10)20;10-6-2-1-5-3-7(11)9(12)13-8(5)4-6;/h4-5,7,9-11,13,20,22-23H,6,8,12H2,1-3H3,(H2,30,32)(H2,31,33);2-3,5,7-9,11,18,20-21,32-33H,4,6,10H2,1H3,(H2,27,29)(H2,28,30);5-7,9,12,14-15H,1,8H2,2-4H3,(H2,20,21);1-4H,(H2,12,13);1H4/t20-,22+,23+,27+;18-,20+,21+,24+;12-,14+,15+,18+;;/m111../s1. The molecule has 0 radical (unpaired) electrons. The van der Waals surface area contributed by atoms with Gasteiger partial charge in [-0.25, -0.2) is 43.1 Å². The molecule has 0 bridgehead atoms. The van der Waals surface area contributed by atoms with Gasteiger partial charge in [-0.1, -0.05) is 115 Å². The van der Waals surface area contributed by atoms with Gasteiger partial charge in [0, 0.05) is 60.8 Å². The van der Waals surface area contributed by atoms with E-state index in [1.54, 1.807) is 29.0 Å². The first-order valence-corrected chi connectivity index (χ1v) is 36.7. The highest BCUT2D eigenvalue weighted by molar-refractivity contribution is 9.10. The lowest BCUT2D eigenvalue weighted by molar-refractivity contribution is -0.168. The van der Waals surface area contributed by atoms with Gasteiger partial charge in [-0.05, 0) is 155 Å².